The molecule has 0 radical (unpaired) electrons. The Bertz CT molecular complexity index is 1190. The quantitative estimate of drug-likeness (QED) is 0.180. The summed E-state index contributed by atoms with van der Waals surface area (Å²) in [5.41, 5.74) is 3.66. The molecule has 0 N–H and O–H groups in total. The Morgan fingerprint density at radius 1 is 0.861 bits per heavy atom. The molecular weight excluding hydrogens is 458 g/mol. The van der Waals surface area contributed by atoms with Crippen LogP contribution in [0.5, 0.6) is 11.5 Å². The van der Waals surface area contributed by atoms with Crippen LogP contribution in [0.1, 0.15) is 74.2 Å². The molecule has 3 nitrogen and oxygen atoms in total. The van der Waals surface area contributed by atoms with Crippen LogP contribution in [0.3, 0.4) is 0 Å². The zero-order chi connectivity index (χ0) is 25.5. The van der Waals surface area contributed by atoms with Crippen molar-refractivity contribution < 1.29 is 23.0 Å². The zero-order valence-electron chi connectivity index (χ0n) is 20.8. The van der Waals surface area contributed by atoms with Crippen molar-refractivity contribution in [2.45, 2.75) is 58.3 Å². The van der Waals surface area contributed by atoms with Crippen molar-refractivity contribution in [3.8, 4) is 22.6 Å². The highest BCUT2D eigenvalue weighted by molar-refractivity contribution is 5.91. The lowest BCUT2D eigenvalue weighted by atomic mass is 9.77. The van der Waals surface area contributed by atoms with Gasteiger partial charge in [0.05, 0.1) is 11.8 Å². The van der Waals surface area contributed by atoms with Gasteiger partial charge < -0.3 is 9.47 Å². The molecule has 0 heterocycles. The highest BCUT2D eigenvalue weighted by Crippen LogP contribution is 2.38. The summed E-state index contributed by atoms with van der Waals surface area (Å²) in [4.78, 5) is 12.5. The van der Waals surface area contributed by atoms with Crippen LogP contribution in [0.4, 0.5) is 8.78 Å². The third kappa shape index (κ3) is 6.01. The fourth-order valence-electron chi connectivity index (χ4n) is 4.92. The number of hydrogen-bond acceptors (Lipinski definition) is 3. The Morgan fingerprint density at radius 3 is 2.06 bits per heavy atom. The highest BCUT2D eigenvalue weighted by atomic mass is 19.2. The summed E-state index contributed by atoms with van der Waals surface area (Å²) in [6.07, 6.45) is 10.6. The predicted octanol–water partition coefficient (Wildman–Crippen LogP) is 8.84. The monoisotopic (exact) mass is 490 g/mol. The van der Waals surface area contributed by atoms with Gasteiger partial charge in [-0.25, -0.2) is 4.79 Å². The first kappa shape index (κ1) is 25.6. The van der Waals surface area contributed by atoms with Crippen molar-refractivity contribution >= 4 is 5.97 Å². The van der Waals surface area contributed by atoms with Crippen molar-refractivity contribution in [1.82, 2.24) is 0 Å². The Kier molecular flexibility index (Phi) is 8.52. The lowest BCUT2D eigenvalue weighted by molar-refractivity contribution is 0.0726. The van der Waals surface area contributed by atoms with Crippen LogP contribution >= 0.6 is 0 Å². The molecule has 5 heteroatoms. The lowest BCUT2D eigenvalue weighted by Gasteiger charge is -2.28. The van der Waals surface area contributed by atoms with E-state index >= 15 is 0 Å². The Hall–Kier alpha value is -3.47. The SMILES string of the molecule is CC=COc1ccc(OC(=O)c2ccc(-c3ccc(C4CCC(CCC)CC4)cc3)cc2)c(F)c1F. The molecule has 0 aliphatic heterocycles. The van der Waals surface area contributed by atoms with Gasteiger partial charge in [-0.1, -0.05) is 62.2 Å². The summed E-state index contributed by atoms with van der Waals surface area (Å²) >= 11 is 0. The van der Waals surface area contributed by atoms with E-state index in [1.165, 1.54) is 62.5 Å². The number of ether oxygens (including phenoxy) is 2. The van der Waals surface area contributed by atoms with Gasteiger partial charge in [0.15, 0.2) is 11.5 Å². The summed E-state index contributed by atoms with van der Waals surface area (Å²) < 4.78 is 38.5. The fourth-order valence-corrected chi connectivity index (χ4v) is 4.92. The molecule has 1 fully saturated rings. The summed E-state index contributed by atoms with van der Waals surface area (Å²) in [7, 11) is 0. The van der Waals surface area contributed by atoms with Crippen LogP contribution in [0.25, 0.3) is 11.1 Å². The van der Waals surface area contributed by atoms with Gasteiger partial charge >= 0.3 is 5.97 Å². The number of carbonyl (C=O) groups is 1. The molecule has 0 bridgehead atoms. The molecule has 0 spiro atoms. The van der Waals surface area contributed by atoms with Gasteiger partial charge in [0.1, 0.15) is 0 Å². The molecular formula is C31H32F2O3. The topological polar surface area (TPSA) is 35.5 Å². The summed E-state index contributed by atoms with van der Waals surface area (Å²) in [6, 6.07) is 17.9. The third-order valence-corrected chi connectivity index (χ3v) is 6.92. The normalized spacial score (nSPS) is 17.8. The van der Waals surface area contributed by atoms with E-state index in [1.54, 1.807) is 25.1 Å². The molecule has 0 aromatic heterocycles. The Balaban J connectivity index is 1.39. The zero-order valence-corrected chi connectivity index (χ0v) is 20.8. The molecule has 0 amide bonds. The fraction of sp³-hybridized carbons (Fsp3) is 0.323. The van der Waals surface area contributed by atoms with Crippen molar-refractivity contribution in [3.05, 3.63) is 95.8 Å². The minimum Gasteiger partial charge on any atom is -0.462 e. The Labute approximate surface area is 211 Å². The van der Waals surface area contributed by atoms with Crippen molar-refractivity contribution in [3.63, 3.8) is 0 Å². The third-order valence-electron chi connectivity index (χ3n) is 6.92. The average molecular weight is 491 g/mol. The molecule has 188 valence electrons. The molecule has 0 saturated heterocycles. The maximum Gasteiger partial charge on any atom is 0.343 e. The lowest BCUT2D eigenvalue weighted by Crippen LogP contribution is -2.13. The van der Waals surface area contributed by atoms with Gasteiger partial charge in [-0.2, -0.15) is 8.78 Å². The van der Waals surface area contributed by atoms with Crippen LogP contribution in [0.15, 0.2) is 73.0 Å². The van der Waals surface area contributed by atoms with Crippen molar-refractivity contribution in [1.29, 1.82) is 0 Å². The van der Waals surface area contributed by atoms with Crippen LogP contribution in [0, 0.1) is 17.6 Å². The number of hydrogen-bond donors (Lipinski definition) is 0. The number of rotatable bonds is 8. The minimum absolute atomic E-state index is 0.244. The second kappa shape index (κ2) is 12.0. The largest absolute Gasteiger partial charge is 0.462 e. The molecule has 1 aliphatic carbocycles. The van der Waals surface area contributed by atoms with Crippen LogP contribution < -0.4 is 9.47 Å². The van der Waals surface area contributed by atoms with E-state index in [0.29, 0.717) is 5.92 Å². The molecule has 0 atom stereocenters. The second-order valence-electron chi connectivity index (χ2n) is 9.37. The van der Waals surface area contributed by atoms with Gasteiger partial charge in [0, 0.05) is 0 Å². The molecule has 1 saturated carbocycles. The number of carbonyl (C=O) groups excluding carboxylic acids is 1. The number of esters is 1. The van der Waals surface area contributed by atoms with Crippen molar-refractivity contribution in [2.75, 3.05) is 0 Å². The second-order valence-corrected chi connectivity index (χ2v) is 9.37. The molecule has 36 heavy (non-hydrogen) atoms. The van der Waals surface area contributed by atoms with E-state index < -0.39 is 23.4 Å². The molecule has 3 aromatic rings. The maximum absolute atomic E-state index is 14.3. The van der Waals surface area contributed by atoms with Crippen molar-refractivity contribution in [2.24, 2.45) is 5.92 Å². The van der Waals surface area contributed by atoms with Crippen LogP contribution in [-0.4, -0.2) is 5.97 Å². The summed E-state index contributed by atoms with van der Waals surface area (Å²) in [5.74, 6) is -2.51. The van der Waals surface area contributed by atoms with E-state index in [4.69, 9.17) is 9.47 Å². The predicted molar refractivity (Wildman–Crippen MR) is 138 cm³/mol. The van der Waals surface area contributed by atoms with Gasteiger partial charge in [-0.3, -0.25) is 0 Å². The summed E-state index contributed by atoms with van der Waals surface area (Å²) in [5, 5.41) is 0. The van der Waals surface area contributed by atoms with Crippen LogP contribution in [-0.2, 0) is 0 Å². The van der Waals surface area contributed by atoms with Gasteiger partial charge in [-0.05, 0) is 85.4 Å². The maximum atomic E-state index is 14.3. The van der Waals surface area contributed by atoms with E-state index in [-0.39, 0.29) is 11.3 Å². The average Bonchev–Trinajstić information content (AvgIpc) is 2.92. The van der Waals surface area contributed by atoms with Gasteiger partial charge in [-0.15, -0.1) is 0 Å². The first-order chi connectivity index (χ1) is 17.5. The molecule has 1 aliphatic rings. The number of benzene rings is 3. The molecule has 3 aromatic carbocycles. The highest BCUT2D eigenvalue weighted by Gasteiger charge is 2.22. The van der Waals surface area contributed by atoms with E-state index in [2.05, 4.69) is 31.2 Å². The van der Waals surface area contributed by atoms with E-state index in [0.717, 1.165) is 17.0 Å². The molecule has 4 rings (SSSR count). The van der Waals surface area contributed by atoms with Crippen LogP contribution in [0.2, 0.25) is 0 Å². The number of halogens is 2. The van der Waals surface area contributed by atoms with Gasteiger partial charge in [0.25, 0.3) is 0 Å². The number of allylic oxidation sites excluding steroid dienone is 1. The molecule has 0 unspecified atom stereocenters. The minimum atomic E-state index is -1.28. The standard InChI is InChI=1S/C31H32F2O3/c1-3-5-21-6-8-22(9-7-21)23-10-12-24(13-11-23)25-14-16-26(17-15-25)31(34)36-28-19-18-27(35-20-4-2)29(32)30(28)33/h4,10-22H,3,5-9H2,1-2H3. The van der Waals surface area contributed by atoms with E-state index in [9.17, 15) is 13.6 Å². The first-order valence-corrected chi connectivity index (χ1v) is 12.7. The van der Waals surface area contributed by atoms with Gasteiger partial charge in [0.2, 0.25) is 11.6 Å². The first-order valence-electron chi connectivity index (χ1n) is 12.7. The summed E-state index contributed by atoms with van der Waals surface area (Å²) in [6.45, 7) is 3.95. The Morgan fingerprint density at radius 2 is 1.44 bits per heavy atom. The van der Waals surface area contributed by atoms with E-state index in [1.807, 2.05) is 12.1 Å². The smallest absolute Gasteiger partial charge is 0.343 e.